The zero-order valence-electron chi connectivity index (χ0n) is 10.1. The molecular formula is C16H13NO. The van der Waals surface area contributed by atoms with E-state index in [1.165, 1.54) is 5.56 Å². The molecule has 0 bridgehead atoms. The third-order valence-corrected chi connectivity index (χ3v) is 3.10. The van der Waals surface area contributed by atoms with E-state index in [1.807, 2.05) is 54.6 Å². The van der Waals surface area contributed by atoms with Gasteiger partial charge in [-0.05, 0) is 24.6 Å². The Hall–Kier alpha value is -2.35. The molecule has 2 nitrogen and oxygen atoms in total. The van der Waals surface area contributed by atoms with Crippen molar-refractivity contribution < 1.29 is 4.79 Å². The van der Waals surface area contributed by atoms with E-state index in [0.29, 0.717) is 0 Å². The summed E-state index contributed by atoms with van der Waals surface area (Å²) in [6, 6.07) is 15.9. The van der Waals surface area contributed by atoms with E-state index in [1.54, 1.807) is 0 Å². The first kappa shape index (κ1) is 10.8. The van der Waals surface area contributed by atoms with Crippen LogP contribution in [0.25, 0.3) is 11.6 Å². The quantitative estimate of drug-likeness (QED) is 0.753. The van der Waals surface area contributed by atoms with Crippen LogP contribution in [0.5, 0.6) is 0 Å². The molecule has 0 saturated heterocycles. The van der Waals surface area contributed by atoms with Gasteiger partial charge in [0, 0.05) is 16.8 Å². The Bertz CT molecular complexity index is 638. The molecule has 1 heterocycles. The molecule has 0 aliphatic carbocycles. The Morgan fingerprint density at radius 2 is 1.72 bits per heavy atom. The van der Waals surface area contributed by atoms with Gasteiger partial charge in [0.15, 0.2) is 0 Å². The van der Waals surface area contributed by atoms with E-state index < -0.39 is 0 Å². The highest BCUT2D eigenvalue weighted by Gasteiger charge is 2.22. The number of carbonyl (C=O) groups is 1. The summed E-state index contributed by atoms with van der Waals surface area (Å²) in [4.78, 5) is 11.9. The number of amides is 1. The lowest BCUT2D eigenvalue weighted by molar-refractivity contribution is -0.110. The molecule has 1 aliphatic rings. The maximum Gasteiger partial charge on any atom is 0.256 e. The summed E-state index contributed by atoms with van der Waals surface area (Å²) >= 11 is 0. The number of fused-ring (bicyclic) bond motifs is 1. The van der Waals surface area contributed by atoms with Crippen LogP contribution in [0.15, 0.2) is 48.5 Å². The van der Waals surface area contributed by atoms with Gasteiger partial charge in [-0.1, -0.05) is 48.0 Å². The summed E-state index contributed by atoms with van der Waals surface area (Å²) in [6.45, 7) is 2.05. The Morgan fingerprint density at radius 3 is 2.50 bits per heavy atom. The number of aryl methyl sites for hydroxylation is 1. The molecule has 1 N–H and O–H groups in total. The number of hydrogen-bond acceptors (Lipinski definition) is 1. The van der Waals surface area contributed by atoms with Crippen molar-refractivity contribution in [3.63, 3.8) is 0 Å². The predicted octanol–water partition coefficient (Wildman–Crippen LogP) is 3.49. The fourth-order valence-electron chi connectivity index (χ4n) is 2.11. The highest BCUT2D eigenvalue weighted by Crippen LogP contribution is 2.32. The minimum absolute atomic E-state index is 0.0308. The number of para-hydroxylation sites is 1. The molecule has 2 aromatic rings. The summed E-state index contributed by atoms with van der Waals surface area (Å²) in [5.41, 5.74) is 4.86. The minimum Gasteiger partial charge on any atom is -0.321 e. The molecule has 3 rings (SSSR count). The molecule has 0 radical (unpaired) electrons. The lowest BCUT2D eigenvalue weighted by atomic mass is 10.0. The van der Waals surface area contributed by atoms with Crippen LogP contribution in [0.4, 0.5) is 5.69 Å². The Morgan fingerprint density at radius 1 is 1.00 bits per heavy atom. The highest BCUT2D eigenvalue weighted by molar-refractivity contribution is 6.34. The molecule has 0 aromatic heterocycles. The van der Waals surface area contributed by atoms with Gasteiger partial charge >= 0.3 is 0 Å². The van der Waals surface area contributed by atoms with E-state index in [4.69, 9.17) is 0 Å². The second-order valence-corrected chi connectivity index (χ2v) is 4.47. The number of nitrogens with one attached hydrogen (secondary N) is 1. The lowest BCUT2D eigenvalue weighted by Gasteiger charge is -1.99. The third kappa shape index (κ3) is 1.82. The average Bonchev–Trinajstić information content (AvgIpc) is 2.69. The first-order chi connectivity index (χ1) is 8.74. The largest absolute Gasteiger partial charge is 0.321 e. The Labute approximate surface area is 106 Å². The van der Waals surface area contributed by atoms with Gasteiger partial charge in [-0.3, -0.25) is 4.79 Å². The van der Waals surface area contributed by atoms with E-state index in [2.05, 4.69) is 12.2 Å². The molecule has 88 valence electrons. The van der Waals surface area contributed by atoms with Crippen LogP contribution in [0.2, 0.25) is 0 Å². The normalized spacial score (nSPS) is 15.6. The molecule has 0 saturated carbocycles. The van der Waals surface area contributed by atoms with Crippen LogP contribution in [-0.4, -0.2) is 5.91 Å². The summed E-state index contributed by atoms with van der Waals surface area (Å²) in [6.07, 6.45) is 1.93. The van der Waals surface area contributed by atoms with Gasteiger partial charge in [-0.2, -0.15) is 0 Å². The van der Waals surface area contributed by atoms with E-state index in [-0.39, 0.29) is 5.91 Å². The SMILES string of the molecule is Cc1ccc(C=C2C(=O)Nc3ccccc32)cc1. The molecule has 2 heteroatoms. The first-order valence-corrected chi connectivity index (χ1v) is 5.93. The smallest absolute Gasteiger partial charge is 0.256 e. The Kier molecular flexibility index (Phi) is 2.49. The van der Waals surface area contributed by atoms with Crippen LogP contribution in [0, 0.1) is 6.92 Å². The van der Waals surface area contributed by atoms with Crippen LogP contribution in [0.3, 0.4) is 0 Å². The molecule has 0 spiro atoms. The predicted molar refractivity (Wildman–Crippen MR) is 74.1 cm³/mol. The van der Waals surface area contributed by atoms with Crippen molar-refractivity contribution in [1.29, 1.82) is 0 Å². The first-order valence-electron chi connectivity index (χ1n) is 5.93. The lowest BCUT2D eigenvalue weighted by Crippen LogP contribution is -2.03. The molecule has 0 unspecified atom stereocenters. The zero-order valence-corrected chi connectivity index (χ0v) is 10.1. The maximum atomic E-state index is 11.9. The van der Waals surface area contributed by atoms with E-state index in [9.17, 15) is 4.79 Å². The molecule has 0 atom stereocenters. The average molecular weight is 235 g/mol. The molecular weight excluding hydrogens is 222 g/mol. The van der Waals surface area contributed by atoms with Crippen LogP contribution >= 0.6 is 0 Å². The van der Waals surface area contributed by atoms with Crippen molar-refractivity contribution in [1.82, 2.24) is 0 Å². The second-order valence-electron chi connectivity index (χ2n) is 4.47. The van der Waals surface area contributed by atoms with Crippen molar-refractivity contribution in [3.05, 3.63) is 65.2 Å². The van der Waals surface area contributed by atoms with Gasteiger partial charge in [0.2, 0.25) is 0 Å². The standard InChI is InChI=1S/C16H13NO/c1-11-6-8-12(9-7-11)10-14-13-4-2-3-5-15(13)17-16(14)18/h2-10H,1H3,(H,17,18). The minimum atomic E-state index is -0.0308. The van der Waals surface area contributed by atoms with Crippen molar-refractivity contribution in [2.75, 3.05) is 5.32 Å². The summed E-state index contributed by atoms with van der Waals surface area (Å²) in [5, 5.41) is 2.87. The number of benzene rings is 2. The number of carbonyl (C=O) groups excluding carboxylic acids is 1. The van der Waals surface area contributed by atoms with Crippen molar-refractivity contribution in [2.45, 2.75) is 6.92 Å². The number of anilines is 1. The van der Waals surface area contributed by atoms with Crippen molar-refractivity contribution >= 4 is 23.2 Å². The zero-order chi connectivity index (χ0) is 12.5. The van der Waals surface area contributed by atoms with Crippen molar-refractivity contribution in [3.8, 4) is 0 Å². The summed E-state index contributed by atoms with van der Waals surface area (Å²) in [5.74, 6) is -0.0308. The van der Waals surface area contributed by atoms with E-state index >= 15 is 0 Å². The maximum absolute atomic E-state index is 11.9. The van der Waals surface area contributed by atoms with Gasteiger partial charge in [0.1, 0.15) is 0 Å². The number of hydrogen-bond donors (Lipinski definition) is 1. The molecule has 1 aliphatic heterocycles. The van der Waals surface area contributed by atoms with Gasteiger partial charge in [-0.25, -0.2) is 0 Å². The third-order valence-electron chi connectivity index (χ3n) is 3.10. The molecule has 0 fully saturated rings. The molecule has 18 heavy (non-hydrogen) atoms. The van der Waals surface area contributed by atoms with Gasteiger partial charge in [0.25, 0.3) is 5.91 Å². The fraction of sp³-hybridized carbons (Fsp3) is 0.0625. The van der Waals surface area contributed by atoms with Crippen LogP contribution < -0.4 is 5.32 Å². The van der Waals surface area contributed by atoms with Gasteiger partial charge in [-0.15, -0.1) is 0 Å². The van der Waals surface area contributed by atoms with Crippen LogP contribution in [-0.2, 0) is 4.79 Å². The van der Waals surface area contributed by atoms with Gasteiger partial charge < -0.3 is 5.32 Å². The summed E-state index contributed by atoms with van der Waals surface area (Å²) in [7, 11) is 0. The van der Waals surface area contributed by atoms with Crippen molar-refractivity contribution in [2.24, 2.45) is 0 Å². The Balaban J connectivity index is 2.07. The summed E-state index contributed by atoms with van der Waals surface area (Å²) < 4.78 is 0. The topological polar surface area (TPSA) is 29.1 Å². The molecule has 1 amide bonds. The second kappa shape index (κ2) is 4.15. The van der Waals surface area contributed by atoms with Gasteiger partial charge in [0.05, 0.1) is 0 Å². The fourth-order valence-corrected chi connectivity index (χ4v) is 2.11. The van der Waals surface area contributed by atoms with Crippen LogP contribution in [0.1, 0.15) is 16.7 Å². The molecule has 2 aromatic carbocycles. The number of rotatable bonds is 1. The van der Waals surface area contributed by atoms with E-state index in [0.717, 1.165) is 22.4 Å². The monoisotopic (exact) mass is 235 g/mol. The highest BCUT2D eigenvalue weighted by atomic mass is 16.1.